The molecule has 0 aromatic heterocycles. The fourth-order valence-electron chi connectivity index (χ4n) is 4.73. The van der Waals surface area contributed by atoms with Crippen molar-refractivity contribution in [2.24, 2.45) is 22.2 Å². The lowest BCUT2D eigenvalue weighted by atomic mass is 9.55. The molecule has 0 aliphatic heterocycles. The summed E-state index contributed by atoms with van der Waals surface area (Å²) in [6.45, 7) is 3.94. The standard InChI is InChI=1S/C14H18O4/c1-12(2)7-9(16)14(11(17)18-3)6-8(15)10(12)13(14)4-5-13/h10H,4-7H2,1-3H3/t10-,14+/m1/s1. The summed E-state index contributed by atoms with van der Waals surface area (Å²) in [5, 5.41) is 0. The maximum absolute atomic E-state index is 12.5. The Morgan fingerprint density at radius 2 is 1.83 bits per heavy atom. The minimum absolute atomic E-state index is 0.0621. The van der Waals surface area contributed by atoms with Crippen LogP contribution < -0.4 is 0 Å². The van der Waals surface area contributed by atoms with Gasteiger partial charge in [-0.1, -0.05) is 13.8 Å². The van der Waals surface area contributed by atoms with Gasteiger partial charge < -0.3 is 4.74 Å². The van der Waals surface area contributed by atoms with Gasteiger partial charge in [-0.25, -0.2) is 0 Å². The van der Waals surface area contributed by atoms with E-state index in [1.165, 1.54) is 7.11 Å². The zero-order valence-corrected chi connectivity index (χ0v) is 11.0. The normalized spacial score (nSPS) is 38.9. The number of esters is 1. The van der Waals surface area contributed by atoms with Crippen LogP contribution in [0.2, 0.25) is 0 Å². The number of Topliss-reactive ketones (excluding diaryl/α,β-unsaturated/α-hetero) is 2. The maximum atomic E-state index is 12.5. The Morgan fingerprint density at radius 1 is 1.22 bits per heavy atom. The minimum atomic E-state index is -1.15. The highest BCUT2D eigenvalue weighted by Crippen LogP contribution is 2.76. The molecule has 0 radical (unpaired) electrons. The van der Waals surface area contributed by atoms with Crippen LogP contribution in [0, 0.1) is 22.2 Å². The van der Waals surface area contributed by atoms with Crippen molar-refractivity contribution in [3.05, 3.63) is 0 Å². The average Bonchev–Trinajstić information content (AvgIpc) is 2.97. The number of hydrogen-bond acceptors (Lipinski definition) is 4. The van der Waals surface area contributed by atoms with Gasteiger partial charge in [-0.05, 0) is 18.3 Å². The van der Waals surface area contributed by atoms with Crippen LogP contribution in [-0.4, -0.2) is 24.6 Å². The number of methoxy groups -OCH3 is 1. The van der Waals surface area contributed by atoms with Crippen molar-refractivity contribution in [1.82, 2.24) is 0 Å². The van der Waals surface area contributed by atoms with Crippen molar-refractivity contribution in [3.8, 4) is 0 Å². The zero-order valence-electron chi connectivity index (χ0n) is 11.0. The molecule has 4 nitrogen and oxygen atoms in total. The molecule has 0 saturated heterocycles. The highest BCUT2D eigenvalue weighted by Gasteiger charge is 2.81. The molecule has 98 valence electrons. The first-order valence-corrected chi connectivity index (χ1v) is 6.46. The molecule has 1 spiro atoms. The van der Waals surface area contributed by atoms with Gasteiger partial charge in [0.1, 0.15) is 11.2 Å². The van der Waals surface area contributed by atoms with E-state index in [1.807, 2.05) is 13.8 Å². The van der Waals surface area contributed by atoms with Crippen LogP contribution in [0.15, 0.2) is 0 Å². The van der Waals surface area contributed by atoms with Gasteiger partial charge in [0.25, 0.3) is 0 Å². The van der Waals surface area contributed by atoms with Crippen LogP contribution in [0.3, 0.4) is 0 Å². The number of carbonyl (C=O) groups is 3. The molecule has 3 fully saturated rings. The second kappa shape index (κ2) is 3.03. The van der Waals surface area contributed by atoms with Crippen LogP contribution in [0.5, 0.6) is 0 Å². The van der Waals surface area contributed by atoms with E-state index in [4.69, 9.17) is 4.74 Å². The molecule has 2 atom stereocenters. The van der Waals surface area contributed by atoms with Crippen LogP contribution in [0.1, 0.15) is 39.5 Å². The highest BCUT2D eigenvalue weighted by atomic mass is 16.5. The molecule has 3 aliphatic carbocycles. The summed E-state index contributed by atoms with van der Waals surface area (Å²) in [7, 11) is 1.30. The summed E-state index contributed by atoms with van der Waals surface area (Å²) in [6.07, 6.45) is 1.97. The molecule has 0 amide bonds. The number of carbonyl (C=O) groups excluding carboxylic acids is 3. The molecule has 0 heterocycles. The lowest BCUT2D eigenvalue weighted by Gasteiger charge is -2.45. The second-order valence-electron chi connectivity index (χ2n) is 6.72. The summed E-state index contributed by atoms with van der Waals surface area (Å²) in [5.41, 5.74) is -1.90. The van der Waals surface area contributed by atoms with Crippen molar-refractivity contribution in [3.63, 3.8) is 0 Å². The van der Waals surface area contributed by atoms with E-state index < -0.39 is 16.8 Å². The monoisotopic (exact) mass is 250 g/mol. The topological polar surface area (TPSA) is 60.4 Å². The van der Waals surface area contributed by atoms with Crippen LogP contribution >= 0.6 is 0 Å². The summed E-state index contributed by atoms with van der Waals surface area (Å²) < 4.78 is 4.86. The van der Waals surface area contributed by atoms with Gasteiger partial charge in [-0.3, -0.25) is 14.4 Å². The van der Waals surface area contributed by atoms with E-state index >= 15 is 0 Å². The summed E-state index contributed by atoms with van der Waals surface area (Å²) in [4.78, 5) is 37.1. The third kappa shape index (κ3) is 1.01. The quantitative estimate of drug-likeness (QED) is 0.523. The molecule has 3 aliphatic rings. The molecule has 0 aromatic carbocycles. The van der Waals surface area contributed by atoms with Crippen molar-refractivity contribution >= 4 is 17.5 Å². The molecule has 4 heteroatoms. The lowest BCUT2D eigenvalue weighted by Crippen LogP contribution is -2.53. The Balaban J connectivity index is 2.20. The minimum Gasteiger partial charge on any atom is -0.468 e. The molecular formula is C14H18O4. The van der Waals surface area contributed by atoms with Gasteiger partial charge in [0, 0.05) is 24.2 Å². The van der Waals surface area contributed by atoms with Crippen LogP contribution in [0.4, 0.5) is 0 Å². The predicted octanol–water partition coefficient (Wildman–Crippen LogP) is 1.51. The van der Waals surface area contributed by atoms with E-state index in [-0.39, 0.29) is 29.3 Å². The largest absolute Gasteiger partial charge is 0.468 e. The van der Waals surface area contributed by atoms with E-state index in [2.05, 4.69) is 0 Å². The summed E-state index contributed by atoms with van der Waals surface area (Å²) >= 11 is 0. The smallest absolute Gasteiger partial charge is 0.320 e. The van der Waals surface area contributed by atoms with Gasteiger partial charge in [0.15, 0.2) is 5.78 Å². The highest BCUT2D eigenvalue weighted by molar-refractivity contribution is 6.13. The third-order valence-electron chi connectivity index (χ3n) is 5.36. The van der Waals surface area contributed by atoms with Crippen molar-refractivity contribution < 1.29 is 19.1 Å². The van der Waals surface area contributed by atoms with Gasteiger partial charge in [-0.2, -0.15) is 0 Å². The predicted molar refractivity (Wildman–Crippen MR) is 62.6 cm³/mol. The Hall–Kier alpha value is -1.19. The number of ether oxygens (including phenoxy) is 1. The van der Waals surface area contributed by atoms with E-state index in [0.29, 0.717) is 6.42 Å². The molecule has 2 bridgehead atoms. The van der Waals surface area contributed by atoms with Crippen LogP contribution in [-0.2, 0) is 19.1 Å². The maximum Gasteiger partial charge on any atom is 0.320 e. The zero-order chi connectivity index (χ0) is 13.3. The molecule has 0 unspecified atom stereocenters. The van der Waals surface area contributed by atoms with E-state index in [0.717, 1.165) is 12.8 Å². The molecule has 3 saturated carbocycles. The Morgan fingerprint density at radius 3 is 2.33 bits per heavy atom. The SMILES string of the molecule is COC(=O)[C@]12CC(=O)[C@H](C(C)(C)CC1=O)C21CC1. The summed E-state index contributed by atoms with van der Waals surface area (Å²) in [6, 6.07) is 0. The Kier molecular flexibility index (Phi) is 2.00. The van der Waals surface area contributed by atoms with E-state index in [9.17, 15) is 14.4 Å². The van der Waals surface area contributed by atoms with Crippen molar-refractivity contribution in [2.75, 3.05) is 7.11 Å². The molecule has 18 heavy (non-hydrogen) atoms. The van der Waals surface area contributed by atoms with Gasteiger partial charge in [0.2, 0.25) is 0 Å². The number of ketones is 2. The van der Waals surface area contributed by atoms with Crippen molar-refractivity contribution in [2.45, 2.75) is 39.5 Å². The van der Waals surface area contributed by atoms with Gasteiger partial charge >= 0.3 is 5.97 Å². The molecule has 0 N–H and O–H groups in total. The fraction of sp³-hybridized carbons (Fsp3) is 0.786. The molecule has 0 aromatic rings. The second-order valence-corrected chi connectivity index (χ2v) is 6.72. The first-order chi connectivity index (χ1) is 8.32. The lowest BCUT2D eigenvalue weighted by molar-refractivity contribution is -0.168. The number of hydrogen-bond donors (Lipinski definition) is 0. The van der Waals surface area contributed by atoms with E-state index in [1.54, 1.807) is 0 Å². The fourth-order valence-corrected chi connectivity index (χ4v) is 4.73. The molecular weight excluding hydrogens is 232 g/mol. The van der Waals surface area contributed by atoms with Gasteiger partial charge in [-0.15, -0.1) is 0 Å². The van der Waals surface area contributed by atoms with Crippen molar-refractivity contribution in [1.29, 1.82) is 0 Å². The Bertz CT molecular complexity index is 472. The molecule has 3 rings (SSSR count). The van der Waals surface area contributed by atoms with Gasteiger partial charge in [0.05, 0.1) is 7.11 Å². The number of rotatable bonds is 1. The first kappa shape index (κ1) is 11.9. The first-order valence-electron chi connectivity index (χ1n) is 6.46. The average molecular weight is 250 g/mol. The third-order valence-corrected chi connectivity index (χ3v) is 5.36. The van der Waals surface area contributed by atoms with Crippen LogP contribution in [0.25, 0.3) is 0 Å². The Labute approximate surface area is 106 Å². The summed E-state index contributed by atoms with van der Waals surface area (Å²) in [5.74, 6) is -0.647.